The van der Waals surface area contributed by atoms with Gasteiger partial charge in [0.2, 0.25) is 0 Å². The van der Waals surface area contributed by atoms with E-state index in [-0.39, 0.29) is 5.54 Å². The summed E-state index contributed by atoms with van der Waals surface area (Å²) in [6.07, 6.45) is 5.02. The second-order valence-electron chi connectivity index (χ2n) is 5.62. The van der Waals surface area contributed by atoms with E-state index in [1.807, 2.05) is 18.5 Å². The molecule has 94 valence electrons. The minimum atomic E-state index is 0.200. The van der Waals surface area contributed by atoms with Crippen LogP contribution in [-0.2, 0) is 6.54 Å². The number of hydrogen-bond donors (Lipinski definition) is 1. The molecule has 3 heteroatoms. The number of aromatic nitrogens is 1. The zero-order chi connectivity index (χ0) is 12.3. The van der Waals surface area contributed by atoms with Crippen molar-refractivity contribution in [3.8, 4) is 0 Å². The fraction of sp³-hybridized carbons (Fsp3) is 0.643. The Morgan fingerprint density at radius 3 is 3.06 bits per heavy atom. The summed E-state index contributed by atoms with van der Waals surface area (Å²) in [5, 5.41) is 3.53. The van der Waals surface area contributed by atoms with Crippen molar-refractivity contribution in [2.45, 2.75) is 45.3 Å². The van der Waals surface area contributed by atoms with Gasteiger partial charge >= 0.3 is 0 Å². The van der Waals surface area contributed by atoms with Crippen molar-refractivity contribution in [1.29, 1.82) is 0 Å². The third-order valence-corrected chi connectivity index (χ3v) is 3.68. The first-order valence-corrected chi connectivity index (χ1v) is 6.46. The average Bonchev–Trinajstić information content (AvgIpc) is 2.43. The van der Waals surface area contributed by atoms with Gasteiger partial charge in [-0.15, -0.1) is 0 Å². The highest BCUT2D eigenvalue weighted by atomic mass is 15.2. The van der Waals surface area contributed by atoms with Crippen molar-refractivity contribution in [2.75, 3.05) is 13.1 Å². The predicted octanol–water partition coefficient (Wildman–Crippen LogP) is 2.04. The lowest BCUT2D eigenvalue weighted by atomic mass is 10.00. The van der Waals surface area contributed by atoms with Crippen LogP contribution in [0.1, 0.15) is 32.8 Å². The fourth-order valence-corrected chi connectivity index (χ4v) is 2.62. The van der Waals surface area contributed by atoms with Crippen molar-refractivity contribution in [1.82, 2.24) is 15.2 Å². The van der Waals surface area contributed by atoms with Crippen LogP contribution in [0.4, 0.5) is 0 Å². The molecule has 0 spiro atoms. The Morgan fingerprint density at radius 2 is 2.35 bits per heavy atom. The lowest BCUT2D eigenvalue weighted by Crippen LogP contribution is -2.50. The third kappa shape index (κ3) is 3.05. The lowest BCUT2D eigenvalue weighted by molar-refractivity contribution is 0.0797. The van der Waals surface area contributed by atoms with Crippen LogP contribution >= 0.6 is 0 Å². The van der Waals surface area contributed by atoms with Crippen molar-refractivity contribution in [2.24, 2.45) is 0 Å². The standard InChI is InChI=1S/C14H23N3/c1-12-6-8-16-11-14(2,3)17(12)10-13-5-4-7-15-9-13/h4-5,7,9,12,16H,6,8,10-11H2,1-3H3. The van der Waals surface area contributed by atoms with Gasteiger partial charge in [0, 0.05) is 37.1 Å². The molecule has 2 heterocycles. The fourth-order valence-electron chi connectivity index (χ4n) is 2.62. The summed E-state index contributed by atoms with van der Waals surface area (Å²) in [6, 6.07) is 4.79. The number of rotatable bonds is 2. The van der Waals surface area contributed by atoms with Gasteiger partial charge in [0.05, 0.1) is 0 Å². The number of hydrogen-bond acceptors (Lipinski definition) is 3. The molecule has 3 nitrogen and oxygen atoms in total. The van der Waals surface area contributed by atoms with Crippen LogP contribution < -0.4 is 5.32 Å². The van der Waals surface area contributed by atoms with Crippen LogP contribution in [0.2, 0.25) is 0 Å². The quantitative estimate of drug-likeness (QED) is 0.847. The van der Waals surface area contributed by atoms with Crippen molar-refractivity contribution >= 4 is 0 Å². The Hall–Kier alpha value is -0.930. The zero-order valence-corrected chi connectivity index (χ0v) is 11.1. The Balaban J connectivity index is 2.15. The molecule has 0 bridgehead atoms. The van der Waals surface area contributed by atoms with E-state index in [0.717, 1.165) is 19.6 Å². The minimum Gasteiger partial charge on any atom is -0.315 e. The maximum Gasteiger partial charge on any atom is 0.0312 e. The Bertz CT molecular complexity index is 348. The van der Waals surface area contributed by atoms with E-state index in [4.69, 9.17) is 0 Å². The van der Waals surface area contributed by atoms with Crippen LogP contribution in [0.5, 0.6) is 0 Å². The first-order chi connectivity index (χ1) is 8.09. The van der Waals surface area contributed by atoms with Crippen LogP contribution in [-0.4, -0.2) is 34.6 Å². The molecule has 1 aromatic rings. The van der Waals surface area contributed by atoms with Gasteiger partial charge in [0.1, 0.15) is 0 Å². The Kier molecular flexibility index (Phi) is 3.79. The van der Waals surface area contributed by atoms with Gasteiger partial charge in [0.25, 0.3) is 0 Å². The van der Waals surface area contributed by atoms with E-state index in [1.165, 1.54) is 12.0 Å². The molecule has 1 aliphatic rings. The second-order valence-corrected chi connectivity index (χ2v) is 5.62. The second kappa shape index (κ2) is 5.15. The minimum absolute atomic E-state index is 0.200. The monoisotopic (exact) mass is 233 g/mol. The topological polar surface area (TPSA) is 28.2 Å². The third-order valence-electron chi connectivity index (χ3n) is 3.68. The smallest absolute Gasteiger partial charge is 0.0312 e. The summed E-state index contributed by atoms with van der Waals surface area (Å²) in [6.45, 7) is 10.1. The molecule has 1 unspecified atom stereocenters. The molecule has 0 aromatic carbocycles. The van der Waals surface area contributed by atoms with Crippen molar-refractivity contribution < 1.29 is 0 Å². The Labute approximate surface area is 104 Å². The van der Waals surface area contributed by atoms with Gasteiger partial charge in [-0.3, -0.25) is 9.88 Å². The molecule has 0 amide bonds. The maximum absolute atomic E-state index is 4.20. The molecule has 17 heavy (non-hydrogen) atoms. The van der Waals surface area contributed by atoms with E-state index in [0.29, 0.717) is 6.04 Å². The lowest BCUT2D eigenvalue weighted by Gasteiger charge is -2.40. The summed E-state index contributed by atoms with van der Waals surface area (Å²) in [5.41, 5.74) is 1.50. The highest BCUT2D eigenvalue weighted by Crippen LogP contribution is 2.23. The van der Waals surface area contributed by atoms with E-state index in [2.05, 4.69) is 42.0 Å². The molecule has 1 atom stereocenters. The average molecular weight is 233 g/mol. The molecule has 0 saturated carbocycles. The van der Waals surface area contributed by atoms with E-state index in [1.54, 1.807) is 0 Å². The molecule has 1 aliphatic heterocycles. The molecule has 1 aromatic heterocycles. The normalized spacial score (nSPS) is 25.5. The SMILES string of the molecule is CC1CCNCC(C)(C)N1Cc1cccnc1. The molecule has 1 N–H and O–H groups in total. The van der Waals surface area contributed by atoms with Crippen LogP contribution in [0.15, 0.2) is 24.5 Å². The first-order valence-electron chi connectivity index (χ1n) is 6.46. The summed E-state index contributed by atoms with van der Waals surface area (Å²) >= 11 is 0. The molecule has 0 aliphatic carbocycles. The highest BCUT2D eigenvalue weighted by Gasteiger charge is 2.32. The van der Waals surface area contributed by atoms with Crippen molar-refractivity contribution in [3.63, 3.8) is 0 Å². The van der Waals surface area contributed by atoms with Crippen LogP contribution in [0.3, 0.4) is 0 Å². The predicted molar refractivity (Wildman–Crippen MR) is 70.8 cm³/mol. The van der Waals surface area contributed by atoms with Crippen molar-refractivity contribution in [3.05, 3.63) is 30.1 Å². The van der Waals surface area contributed by atoms with Gasteiger partial charge in [-0.1, -0.05) is 6.07 Å². The van der Waals surface area contributed by atoms with E-state index in [9.17, 15) is 0 Å². The van der Waals surface area contributed by atoms with Crippen LogP contribution in [0.25, 0.3) is 0 Å². The molecule has 2 rings (SSSR count). The molecule has 1 saturated heterocycles. The highest BCUT2D eigenvalue weighted by molar-refractivity contribution is 5.09. The maximum atomic E-state index is 4.20. The molecular weight excluding hydrogens is 210 g/mol. The number of nitrogens with zero attached hydrogens (tertiary/aromatic N) is 2. The Morgan fingerprint density at radius 1 is 1.53 bits per heavy atom. The van der Waals surface area contributed by atoms with E-state index < -0.39 is 0 Å². The van der Waals surface area contributed by atoms with Gasteiger partial charge < -0.3 is 5.32 Å². The molecular formula is C14H23N3. The molecule has 1 fully saturated rings. The number of nitrogens with one attached hydrogen (secondary N) is 1. The summed E-state index contributed by atoms with van der Waals surface area (Å²) in [5.74, 6) is 0. The number of pyridine rings is 1. The van der Waals surface area contributed by atoms with Gasteiger partial charge in [0.15, 0.2) is 0 Å². The molecule has 0 radical (unpaired) electrons. The van der Waals surface area contributed by atoms with Gasteiger partial charge in [-0.05, 0) is 45.4 Å². The summed E-state index contributed by atoms with van der Waals surface area (Å²) < 4.78 is 0. The van der Waals surface area contributed by atoms with Crippen LogP contribution in [0, 0.1) is 0 Å². The first kappa shape index (κ1) is 12.5. The summed E-state index contributed by atoms with van der Waals surface area (Å²) in [7, 11) is 0. The zero-order valence-electron chi connectivity index (χ0n) is 11.1. The van der Waals surface area contributed by atoms with E-state index >= 15 is 0 Å². The largest absolute Gasteiger partial charge is 0.315 e. The van der Waals surface area contributed by atoms with Gasteiger partial charge in [-0.2, -0.15) is 0 Å². The summed E-state index contributed by atoms with van der Waals surface area (Å²) in [4.78, 5) is 6.79. The van der Waals surface area contributed by atoms with Gasteiger partial charge in [-0.25, -0.2) is 0 Å².